The SMILES string of the molecule is CN(C)S(=O)(=O)c1ccc(CNCc2ccc3c(c2)CC(C)(C)O3)cc1. The maximum Gasteiger partial charge on any atom is 0.242 e. The van der Waals surface area contributed by atoms with E-state index in [1.807, 2.05) is 18.2 Å². The second-order valence-electron chi connectivity index (χ2n) is 7.52. The molecule has 0 fully saturated rings. The Hall–Kier alpha value is -1.89. The van der Waals surface area contributed by atoms with Gasteiger partial charge in [0.25, 0.3) is 0 Å². The lowest BCUT2D eigenvalue weighted by molar-refractivity contribution is 0.138. The van der Waals surface area contributed by atoms with E-state index in [0.29, 0.717) is 11.4 Å². The van der Waals surface area contributed by atoms with Crippen LogP contribution in [0.5, 0.6) is 5.75 Å². The summed E-state index contributed by atoms with van der Waals surface area (Å²) >= 11 is 0. The lowest BCUT2D eigenvalue weighted by Crippen LogP contribution is -2.24. The van der Waals surface area contributed by atoms with Crippen LogP contribution in [0.15, 0.2) is 47.4 Å². The zero-order valence-corrected chi connectivity index (χ0v) is 16.6. The number of rotatable bonds is 6. The molecule has 0 spiro atoms. The smallest absolute Gasteiger partial charge is 0.242 e. The van der Waals surface area contributed by atoms with Crippen molar-refractivity contribution in [3.05, 3.63) is 59.2 Å². The van der Waals surface area contributed by atoms with E-state index < -0.39 is 10.0 Å². The van der Waals surface area contributed by atoms with Gasteiger partial charge in [0, 0.05) is 33.6 Å². The van der Waals surface area contributed by atoms with E-state index in [4.69, 9.17) is 4.74 Å². The van der Waals surface area contributed by atoms with E-state index in [9.17, 15) is 8.42 Å². The first-order valence-corrected chi connectivity index (χ1v) is 10.1. The molecule has 0 radical (unpaired) electrons. The third-order valence-electron chi connectivity index (χ3n) is 4.49. The van der Waals surface area contributed by atoms with E-state index in [0.717, 1.165) is 24.3 Å². The fourth-order valence-corrected chi connectivity index (χ4v) is 4.02. The highest BCUT2D eigenvalue weighted by Gasteiger charge is 2.29. The molecule has 5 nitrogen and oxygen atoms in total. The zero-order valence-electron chi connectivity index (χ0n) is 15.7. The summed E-state index contributed by atoms with van der Waals surface area (Å²) in [7, 11) is -0.301. The number of benzene rings is 2. The van der Waals surface area contributed by atoms with Gasteiger partial charge < -0.3 is 10.1 Å². The first-order chi connectivity index (χ1) is 12.2. The summed E-state index contributed by atoms with van der Waals surface area (Å²) in [5.74, 6) is 0.983. The highest BCUT2D eigenvalue weighted by Crippen LogP contribution is 2.35. The van der Waals surface area contributed by atoms with Crippen LogP contribution in [-0.2, 0) is 29.5 Å². The van der Waals surface area contributed by atoms with Gasteiger partial charge in [-0.1, -0.05) is 24.3 Å². The molecule has 3 rings (SSSR count). The van der Waals surface area contributed by atoms with Crippen LogP contribution in [0.1, 0.15) is 30.5 Å². The van der Waals surface area contributed by atoms with Gasteiger partial charge in [0.2, 0.25) is 10.0 Å². The van der Waals surface area contributed by atoms with E-state index >= 15 is 0 Å². The van der Waals surface area contributed by atoms with Crippen LogP contribution in [-0.4, -0.2) is 32.4 Å². The summed E-state index contributed by atoms with van der Waals surface area (Å²) in [6.07, 6.45) is 0.929. The van der Waals surface area contributed by atoms with E-state index in [1.54, 1.807) is 12.1 Å². The summed E-state index contributed by atoms with van der Waals surface area (Å²) in [6.45, 7) is 5.64. The van der Waals surface area contributed by atoms with Crippen LogP contribution in [0.3, 0.4) is 0 Å². The summed E-state index contributed by atoms with van der Waals surface area (Å²) in [6, 6.07) is 13.3. The molecule has 0 aromatic heterocycles. The average Bonchev–Trinajstić information content (AvgIpc) is 2.88. The number of nitrogens with zero attached hydrogens (tertiary/aromatic N) is 1. The summed E-state index contributed by atoms with van der Waals surface area (Å²) in [5, 5.41) is 3.41. The summed E-state index contributed by atoms with van der Waals surface area (Å²) in [4.78, 5) is 0.312. The Morgan fingerprint density at radius 2 is 1.65 bits per heavy atom. The van der Waals surface area contributed by atoms with Crippen LogP contribution in [0.4, 0.5) is 0 Å². The number of hydrogen-bond acceptors (Lipinski definition) is 4. The zero-order chi connectivity index (χ0) is 18.9. The van der Waals surface area contributed by atoms with Crippen molar-refractivity contribution in [2.45, 2.75) is 43.9 Å². The Kier molecular flexibility index (Phi) is 5.10. The molecule has 2 aromatic carbocycles. The number of nitrogens with one attached hydrogen (secondary N) is 1. The van der Waals surface area contributed by atoms with Crippen molar-refractivity contribution in [1.29, 1.82) is 0 Å². The maximum atomic E-state index is 12.1. The van der Waals surface area contributed by atoms with Crippen LogP contribution in [0.25, 0.3) is 0 Å². The normalized spacial score (nSPS) is 15.7. The molecule has 0 aliphatic carbocycles. The van der Waals surface area contributed by atoms with Crippen molar-refractivity contribution >= 4 is 10.0 Å². The van der Waals surface area contributed by atoms with Crippen molar-refractivity contribution in [3.8, 4) is 5.75 Å². The van der Waals surface area contributed by atoms with Crippen molar-refractivity contribution in [1.82, 2.24) is 9.62 Å². The minimum absolute atomic E-state index is 0.122. The topological polar surface area (TPSA) is 58.6 Å². The number of fused-ring (bicyclic) bond motifs is 1. The quantitative estimate of drug-likeness (QED) is 0.845. The third kappa shape index (κ3) is 4.09. The first-order valence-electron chi connectivity index (χ1n) is 8.70. The fraction of sp³-hybridized carbons (Fsp3) is 0.400. The van der Waals surface area contributed by atoms with E-state index in [-0.39, 0.29) is 5.60 Å². The van der Waals surface area contributed by atoms with E-state index in [1.165, 1.54) is 29.5 Å². The molecular formula is C20H26N2O3S. The highest BCUT2D eigenvalue weighted by molar-refractivity contribution is 7.89. The predicted octanol–water partition coefficient (Wildman–Crippen LogP) is 2.94. The fourth-order valence-electron chi connectivity index (χ4n) is 3.11. The Morgan fingerprint density at radius 3 is 2.31 bits per heavy atom. The minimum Gasteiger partial charge on any atom is -0.487 e. The van der Waals surface area contributed by atoms with Gasteiger partial charge in [0.15, 0.2) is 0 Å². The molecule has 1 N–H and O–H groups in total. The molecule has 1 aliphatic heterocycles. The van der Waals surface area contributed by atoms with Crippen LogP contribution in [0.2, 0.25) is 0 Å². The van der Waals surface area contributed by atoms with Gasteiger partial charge in [-0.05, 0) is 48.7 Å². The van der Waals surface area contributed by atoms with Gasteiger partial charge in [-0.2, -0.15) is 0 Å². The van der Waals surface area contributed by atoms with Gasteiger partial charge >= 0.3 is 0 Å². The second kappa shape index (κ2) is 7.02. The molecule has 1 aliphatic rings. The average molecular weight is 375 g/mol. The van der Waals surface area contributed by atoms with Gasteiger partial charge in [0.1, 0.15) is 11.4 Å². The van der Waals surface area contributed by atoms with Crippen LogP contribution in [0, 0.1) is 0 Å². The number of ether oxygens (including phenoxy) is 1. The largest absolute Gasteiger partial charge is 0.487 e. The van der Waals surface area contributed by atoms with Crippen LogP contribution < -0.4 is 10.1 Å². The van der Waals surface area contributed by atoms with Crippen molar-refractivity contribution in [2.24, 2.45) is 0 Å². The maximum absolute atomic E-state index is 12.1. The molecule has 2 aromatic rings. The Morgan fingerprint density at radius 1 is 1.04 bits per heavy atom. The highest BCUT2D eigenvalue weighted by atomic mass is 32.2. The standard InChI is InChI=1S/C20H26N2O3S/c1-20(2)12-17-11-16(7-10-19(17)25-20)14-21-13-15-5-8-18(9-6-15)26(23,24)22(3)4/h5-11,21H,12-14H2,1-4H3. The molecule has 0 atom stereocenters. The van der Waals surface area contributed by atoms with Crippen molar-refractivity contribution < 1.29 is 13.2 Å². The molecule has 0 unspecified atom stereocenters. The first kappa shape index (κ1) is 18.9. The number of sulfonamides is 1. The molecule has 6 heteroatoms. The molecule has 1 heterocycles. The van der Waals surface area contributed by atoms with Gasteiger partial charge in [0.05, 0.1) is 4.90 Å². The third-order valence-corrected chi connectivity index (χ3v) is 6.32. The molecular weight excluding hydrogens is 348 g/mol. The monoisotopic (exact) mass is 374 g/mol. The lowest BCUT2D eigenvalue weighted by Gasteiger charge is -2.16. The molecule has 140 valence electrons. The molecule has 0 bridgehead atoms. The molecule has 0 amide bonds. The Labute approximate surface area is 156 Å². The Bertz CT molecular complexity index is 888. The predicted molar refractivity (Wildman–Crippen MR) is 103 cm³/mol. The summed E-state index contributed by atoms with van der Waals surface area (Å²) < 4.78 is 31.3. The minimum atomic E-state index is -3.37. The van der Waals surface area contributed by atoms with E-state index in [2.05, 4.69) is 31.3 Å². The number of hydrogen-bond donors (Lipinski definition) is 1. The second-order valence-corrected chi connectivity index (χ2v) is 9.67. The van der Waals surface area contributed by atoms with Crippen LogP contribution >= 0.6 is 0 Å². The van der Waals surface area contributed by atoms with Gasteiger partial charge in [-0.3, -0.25) is 0 Å². The van der Waals surface area contributed by atoms with Crippen molar-refractivity contribution in [3.63, 3.8) is 0 Å². The van der Waals surface area contributed by atoms with Gasteiger partial charge in [-0.15, -0.1) is 0 Å². The van der Waals surface area contributed by atoms with Crippen molar-refractivity contribution in [2.75, 3.05) is 14.1 Å². The summed E-state index contributed by atoms with van der Waals surface area (Å²) in [5.41, 5.74) is 3.40. The molecule has 26 heavy (non-hydrogen) atoms. The Balaban J connectivity index is 1.58. The van der Waals surface area contributed by atoms with Gasteiger partial charge in [-0.25, -0.2) is 12.7 Å². The lowest BCUT2D eigenvalue weighted by atomic mass is 10.0. The molecule has 0 saturated heterocycles. The molecule has 0 saturated carbocycles.